The number of sulfonamides is 1. The first kappa shape index (κ1) is 18.7. The SMILES string of the molecule is CCS(=O)(=O)N1CCN(C(=O)NCc2ccc(CC(=O)O)cc2)C1=O. The predicted octanol–water partition coefficient (Wildman–Crippen LogP) is 0.611. The number of aliphatic carboxylic acids is 1. The van der Waals surface area contributed by atoms with E-state index >= 15 is 0 Å². The van der Waals surface area contributed by atoms with Crippen molar-refractivity contribution in [1.29, 1.82) is 0 Å². The molecule has 9 nitrogen and oxygen atoms in total. The van der Waals surface area contributed by atoms with Gasteiger partial charge in [0.1, 0.15) is 0 Å². The minimum Gasteiger partial charge on any atom is -0.481 e. The Balaban J connectivity index is 1.92. The molecule has 25 heavy (non-hydrogen) atoms. The van der Waals surface area contributed by atoms with Crippen molar-refractivity contribution in [2.45, 2.75) is 19.9 Å². The molecule has 1 aromatic rings. The van der Waals surface area contributed by atoms with Gasteiger partial charge in [-0.05, 0) is 18.1 Å². The number of carboxylic acid groups (broad SMARTS) is 1. The fourth-order valence-electron chi connectivity index (χ4n) is 2.34. The zero-order valence-electron chi connectivity index (χ0n) is 13.6. The molecule has 0 atom stereocenters. The summed E-state index contributed by atoms with van der Waals surface area (Å²) < 4.78 is 24.2. The molecule has 4 amide bonds. The molecule has 0 aliphatic carbocycles. The largest absolute Gasteiger partial charge is 0.481 e. The van der Waals surface area contributed by atoms with E-state index in [1.54, 1.807) is 24.3 Å². The summed E-state index contributed by atoms with van der Waals surface area (Å²) in [4.78, 5) is 35.6. The van der Waals surface area contributed by atoms with Crippen molar-refractivity contribution in [2.75, 3.05) is 18.8 Å². The van der Waals surface area contributed by atoms with Crippen LogP contribution in [0.15, 0.2) is 24.3 Å². The van der Waals surface area contributed by atoms with Gasteiger partial charge in [-0.2, -0.15) is 0 Å². The van der Waals surface area contributed by atoms with Crippen molar-refractivity contribution in [1.82, 2.24) is 14.5 Å². The van der Waals surface area contributed by atoms with E-state index in [0.717, 1.165) is 10.5 Å². The summed E-state index contributed by atoms with van der Waals surface area (Å²) >= 11 is 0. The minimum atomic E-state index is -3.68. The van der Waals surface area contributed by atoms with Crippen LogP contribution in [0.25, 0.3) is 0 Å². The van der Waals surface area contributed by atoms with E-state index < -0.39 is 28.1 Å². The van der Waals surface area contributed by atoms with Crippen molar-refractivity contribution < 1.29 is 27.9 Å². The van der Waals surface area contributed by atoms with Gasteiger partial charge >= 0.3 is 18.0 Å². The Bertz CT molecular complexity index is 775. The number of carboxylic acids is 1. The molecule has 0 unspecified atom stereocenters. The third-order valence-corrected chi connectivity index (χ3v) is 5.48. The number of hydrogen-bond donors (Lipinski definition) is 2. The predicted molar refractivity (Wildman–Crippen MR) is 88.3 cm³/mol. The Morgan fingerprint density at radius 2 is 1.76 bits per heavy atom. The summed E-state index contributed by atoms with van der Waals surface area (Å²) in [6, 6.07) is 5.12. The Labute approximate surface area is 145 Å². The number of carbonyl (C=O) groups is 3. The maximum absolute atomic E-state index is 12.1. The Morgan fingerprint density at radius 3 is 2.32 bits per heavy atom. The molecular formula is C15H19N3O6S. The number of urea groups is 2. The van der Waals surface area contributed by atoms with Crippen LogP contribution in [0, 0.1) is 0 Å². The average Bonchev–Trinajstić information content (AvgIpc) is 2.96. The minimum absolute atomic E-state index is 0.00143. The maximum atomic E-state index is 12.1. The number of rotatable bonds is 6. The number of nitrogens with one attached hydrogen (secondary N) is 1. The van der Waals surface area contributed by atoms with E-state index in [-0.39, 0.29) is 31.8 Å². The van der Waals surface area contributed by atoms with E-state index in [9.17, 15) is 22.8 Å². The zero-order chi connectivity index (χ0) is 18.6. The third kappa shape index (κ3) is 4.47. The molecule has 1 aromatic carbocycles. The van der Waals surface area contributed by atoms with Gasteiger partial charge in [-0.25, -0.2) is 27.2 Å². The fourth-order valence-corrected chi connectivity index (χ4v) is 3.35. The van der Waals surface area contributed by atoms with Gasteiger partial charge in [-0.15, -0.1) is 0 Å². The number of carbonyl (C=O) groups excluding carboxylic acids is 2. The van der Waals surface area contributed by atoms with Crippen LogP contribution in [0.2, 0.25) is 0 Å². The number of nitrogens with zero attached hydrogens (tertiary/aromatic N) is 2. The van der Waals surface area contributed by atoms with Crippen molar-refractivity contribution in [3.8, 4) is 0 Å². The summed E-state index contributed by atoms with van der Waals surface area (Å²) in [6.07, 6.45) is -0.0867. The first-order valence-electron chi connectivity index (χ1n) is 7.64. The van der Waals surface area contributed by atoms with Gasteiger partial charge < -0.3 is 10.4 Å². The molecule has 10 heteroatoms. The highest BCUT2D eigenvalue weighted by molar-refractivity contribution is 7.89. The summed E-state index contributed by atoms with van der Waals surface area (Å²) in [5, 5.41) is 11.3. The van der Waals surface area contributed by atoms with Gasteiger partial charge in [0.15, 0.2) is 0 Å². The molecular weight excluding hydrogens is 350 g/mol. The Hall–Kier alpha value is -2.62. The third-order valence-electron chi connectivity index (χ3n) is 3.74. The van der Waals surface area contributed by atoms with Gasteiger partial charge in [-0.1, -0.05) is 24.3 Å². The van der Waals surface area contributed by atoms with E-state index in [1.807, 2.05) is 0 Å². The van der Waals surface area contributed by atoms with Crippen LogP contribution >= 0.6 is 0 Å². The van der Waals surface area contributed by atoms with Gasteiger partial charge in [0, 0.05) is 6.54 Å². The molecule has 0 bridgehead atoms. The van der Waals surface area contributed by atoms with Crippen LogP contribution in [-0.4, -0.2) is 59.6 Å². The monoisotopic (exact) mass is 369 g/mol. The number of imide groups is 1. The molecule has 1 fully saturated rings. The Kier molecular flexibility index (Phi) is 5.62. The summed E-state index contributed by atoms with van der Waals surface area (Å²) in [6.45, 7) is 1.52. The molecule has 0 saturated carbocycles. The highest BCUT2D eigenvalue weighted by Gasteiger charge is 2.39. The molecule has 2 N–H and O–H groups in total. The summed E-state index contributed by atoms with van der Waals surface area (Å²) in [5.74, 6) is -1.14. The first-order valence-corrected chi connectivity index (χ1v) is 9.25. The van der Waals surface area contributed by atoms with Crippen LogP contribution in [-0.2, 0) is 27.8 Å². The van der Waals surface area contributed by atoms with Crippen LogP contribution in [0.1, 0.15) is 18.1 Å². The second-order valence-electron chi connectivity index (χ2n) is 5.45. The van der Waals surface area contributed by atoms with Crippen molar-refractivity contribution >= 4 is 28.1 Å². The van der Waals surface area contributed by atoms with Crippen molar-refractivity contribution in [2.24, 2.45) is 0 Å². The molecule has 0 aromatic heterocycles. The molecule has 0 spiro atoms. The fraction of sp³-hybridized carbons (Fsp3) is 0.400. The highest BCUT2D eigenvalue weighted by atomic mass is 32.2. The van der Waals surface area contributed by atoms with Crippen molar-refractivity contribution in [3.05, 3.63) is 35.4 Å². The lowest BCUT2D eigenvalue weighted by atomic mass is 10.1. The second kappa shape index (κ2) is 7.51. The maximum Gasteiger partial charge on any atom is 0.341 e. The molecule has 1 heterocycles. The normalized spacial score (nSPS) is 14.7. The van der Waals surface area contributed by atoms with Gasteiger partial charge in [-0.3, -0.25) is 4.79 Å². The standard InChI is InChI=1S/C15H19N3O6S/c1-2-25(23,24)18-8-7-17(15(18)22)14(21)16-10-12-5-3-11(4-6-12)9-13(19)20/h3-6H,2,7-10H2,1H3,(H,16,21)(H,19,20). The molecule has 1 saturated heterocycles. The van der Waals surface area contributed by atoms with Crippen LogP contribution in [0.4, 0.5) is 9.59 Å². The molecule has 2 rings (SSSR count). The lowest BCUT2D eigenvalue weighted by molar-refractivity contribution is -0.136. The number of benzene rings is 1. The van der Waals surface area contributed by atoms with Crippen LogP contribution in [0.5, 0.6) is 0 Å². The number of amides is 4. The first-order chi connectivity index (χ1) is 11.7. The quantitative estimate of drug-likeness (QED) is 0.757. The van der Waals surface area contributed by atoms with E-state index in [4.69, 9.17) is 5.11 Å². The second-order valence-corrected chi connectivity index (χ2v) is 7.63. The lowest BCUT2D eigenvalue weighted by Crippen LogP contribution is -2.43. The van der Waals surface area contributed by atoms with E-state index in [2.05, 4.69) is 5.32 Å². The molecule has 1 aliphatic rings. The van der Waals surface area contributed by atoms with E-state index in [0.29, 0.717) is 9.87 Å². The zero-order valence-corrected chi connectivity index (χ0v) is 14.5. The molecule has 1 aliphatic heterocycles. The van der Waals surface area contributed by atoms with Gasteiger partial charge in [0.05, 0.1) is 25.3 Å². The van der Waals surface area contributed by atoms with Gasteiger partial charge in [0.25, 0.3) is 0 Å². The Morgan fingerprint density at radius 1 is 1.16 bits per heavy atom. The highest BCUT2D eigenvalue weighted by Crippen LogP contribution is 2.14. The summed E-state index contributed by atoms with van der Waals surface area (Å²) in [5.41, 5.74) is 1.37. The van der Waals surface area contributed by atoms with Crippen LogP contribution in [0.3, 0.4) is 0 Å². The summed E-state index contributed by atoms with van der Waals surface area (Å²) in [7, 11) is -3.68. The molecule has 0 radical (unpaired) electrons. The number of hydrogen-bond acceptors (Lipinski definition) is 5. The van der Waals surface area contributed by atoms with Crippen molar-refractivity contribution in [3.63, 3.8) is 0 Å². The van der Waals surface area contributed by atoms with E-state index in [1.165, 1.54) is 6.92 Å². The van der Waals surface area contributed by atoms with Crippen LogP contribution < -0.4 is 5.32 Å². The lowest BCUT2D eigenvalue weighted by Gasteiger charge is -2.17. The van der Waals surface area contributed by atoms with Gasteiger partial charge in [0.2, 0.25) is 10.0 Å². The average molecular weight is 369 g/mol. The topological polar surface area (TPSA) is 124 Å². The molecule has 136 valence electrons. The smallest absolute Gasteiger partial charge is 0.341 e.